The highest BCUT2D eigenvalue weighted by Gasteiger charge is 2.18. The van der Waals surface area contributed by atoms with Crippen molar-refractivity contribution in [2.75, 3.05) is 13.7 Å². The Balaban J connectivity index is 1.60. The molecule has 0 radical (unpaired) electrons. The lowest BCUT2D eigenvalue weighted by Crippen LogP contribution is -2.26. The fourth-order valence-corrected chi connectivity index (χ4v) is 4.21. The van der Waals surface area contributed by atoms with Crippen LogP contribution in [-0.2, 0) is 21.2 Å². The van der Waals surface area contributed by atoms with Crippen LogP contribution in [0.2, 0.25) is 0 Å². The fourth-order valence-electron chi connectivity index (χ4n) is 3.15. The normalized spacial score (nSPS) is 11.2. The molecule has 1 N–H and O–H groups in total. The summed E-state index contributed by atoms with van der Waals surface area (Å²) >= 11 is 0. The largest absolute Gasteiger partial charge is 0.465 e. The zero-order chi connectivity index (χ0) is 23.3. The van der Waals surface area contributed by atoms with Gasteiger partial charge in [0, 0.05) is 6.54 Å². The number of benzene rings is 3. The van der Waals surface area contributed by atoms with Gasteiger partial charge in [-0.05, 0) is 85.8 Å². The summed E-state index contributed by atoms with van der Waals surface area (Å²) in [6, 6.07) is 17.9. The van der Waals surface area contributed by atoms with Crippen LogP contribution >= 0.6 is 0 Å². The minimum Gasteiger partial charge on any atom is -0.465 e. The van der Waals surface area contributed by atoms with Crippen molar-refractivity contribution < 1.29 is 22.7 Å². The van der Waals surface area contributed by atoms with Crippen molar-refractivity contribution in [2.45, 2.75) is 32.1 Å². The molecule has 0 aliphatic heterocycles. The van der Waals surface area contributed by atoms with E-state index in [0.29, 0.717) is 17.7 Å². The molecule has 0 saturated carbocycles. The van der Waals surface area contributed by atoms with E-state index in [2.05, 4.69) is 11.6 Å². The van der Waals surface area contributed by atoms with E-state index >= 15 is 0 Å². The van der Waals surface area contributed by atoms with E-state index in [1.807, 2.05) is 49.4 Å². The van der Waals surface area contributed by atoms with Crippen LogP contribution in [0.1, 0.15) is 32.6 Å². The van der Waals surface area contributed by atoms with Crippen LogP contribution in [0.3, 0.4) is 0 Å². The molecule has 0 heterocycles. The second-order valence-corrected chi connectivity index (χ2v) is 9.38. The van der Waals surface area contributed by atoms with E-state index in [0.717, 1.165) is 11.3 Å². The maximum Gasteiger partial charge on any atom is 0.338 e. The van der Waals surface area contributed by atoms with Crippen molar-refractivity contribution in [2.24, 2.45) is 0 Å². The standard InChI is InChI=1S/C25H27NO5S/c1-17-5-9-22(15-19(17)3)31-21-10-7-20(8-11-21)13-14-26-32(28,29)23-12-6-18(2)24(16-23)25(27)30-4/h5-12,15-16,26H,13-14H2,1-4H3. The summed E-state index contributed by atoms with van der Waals surface area (Å²) in [7, 11) is -2.49. The van der Waals surface area contributed by atoms with E-state index < -0.39 is 16.0 Å². The second kappa shape index (κ2) is 9.97. The van der Waals surface area contributed by atoms with Crippen molar-refractivity contribution in [3.8, 4) is 11.5 Å². The average molecular weight is 454 g/mol. The predicted molar refractivity (Wildman–Crippen MR) is 124 cm³/mol. The van der Waals surface area contributed by atoms with E-state index in [9.17, 15) is 13.2 Å². The SMILES string of the molecule is COC(=O)c1cc(S(=O)(=O)NCCc2ccc(Oc3ccc(C)c(C)c3)cc2)ccc1C. The Morgan fingerprint density at radius 2 is 1.50 bits per heavy atom. The molecule has 0 atom stereocenters. The number of carbonyl (C=O) groups is 1. The molecule has 3 aromatic rings. The van der Waals surface area contributed by atoms with Crippen molar-refractivity contribution in [1.29, 1.82) is 0 Å². The number of hydrogen-bond donors (Lipinski definition) is 1. The lowest BCUT2D eigenvalue weighted by molar-refractivity contribution is 0.0599. The minimum absolute atomic E-state index is 0.0284. The van der Waals surface area contributed by atoms with Gasteiger partial charge in [-0.3, -0.25) is 0 Å². The highest BCUT2D eigenvalue weighted by molar-refractivity contribution is 7.89. The van der Waals surface area contributed by atoms with E-state index in [4.69, 9.17) is 9.47 Å². The molecular formula is C25H27NO5S. The fraction of sp³-hybridized carbons (Fsp3) is 0.240. The smallest absolute Gasteiger partial charge is 0.338 e. The summed E-state index contributed by atoms with van der Waals surface area (Å²) < 4.78 is 38.4. The van der Waals surface area contributed by atoms with Crippen molar-refractivity contribution in [3.63, 3.8) is 0 Å². The van der Waals surface area contributed by atoms with Crippen molar-refractivity contribution >= 4 is 16.0 Å². The first kappa shape index (κ1) is 23.5. The number of esters is 1. The molecule has 3 rings (SSSR count). The minimum atomic E-state index is -3.75. The molecule has 0 unspecified atom stereocenters. The van der Waals surface area contributed by atoms with Crippen LogP contribution in [0.25, 0.3) is 0 Å². The number of carbonyl (C=O) groups excluding carboxylic acids is 1. The van der Waals surface area contributed by atoms with Gasteiger partial charge in [0.2, 0.25) is 10.0 Å². The highest BCUT2D eigenvalue weighted by Crippen LogP contribution is 2.24. The van der Waals surface area contributed by atoms with Crippen molar-refractivity contribution in [1.82, 2.24) is 4.72 Å². The van der Waals surface area contributed by atoms with E-state index in [-0.39, 0.29) is 17.0 Å². The van der Waals surface area contributed by atoms with Crippen LogP contribution in [0.5, 0.6) is 11.5 Å². The Kier molecular flexibility index (Phi) is 7.33. The Labute approximate surface area is 189 Å². The van der Waals surface area contributed by atoms with Gasteiger partial charge in [0.15, 0.2) is 0 Å². The number of methoxy groups -OCH3 is 1. The van der Waals surface area contributed by atoms with E-state index in [1.165, 1.54) is 30.4 Å². The second-order valence-electron chi connectivity index (χ2n) is 7.61. The van der Waals surface area contributed by atoms with Crippen LogP contribution in [0, 0.1) is 20.8 Å². The van der Waals surface area contributed by atoms with E-state index in [1.54, 1.807) is 13.0 Å². The van der Waals surface area contributed by atoms with Gasteiger partial charge in [-0.1, -0.05) is 24.3 Å². The molecular weight excluding hydrogens is 426 g/mol. The van der Waals surface area contributed by atoms with Crippen molar-refractivity contribution in [3.05, 3.63) is 88.5 Å². The molecule has 3 aromatic carbocycles. The Hall–Kier alpha value is -3.16. The highest BCUT2D eigenvalue weighted by atomic mass is 32.2. The summed E-state index contributed by atoms with van der Waals surface area (Å²) in [6.45, 7) is 6.04. The average Bonchev–Trinajstić information content (AvgIpc) is 2.77. The van der Waals surface area contributed by atoms with Gasteiger partial charge in [-0.25, -0.2) is 17.9 Å². The third-order valence-corrected chi connectivity index (χ3v) is 6.73. The zero-order valence-electron chi connectivity index (χ0n) is 18.6. The Morgan fingerprint density at radius 1 is 0.844 bits per heavy atom. The van der Waals surface area contributed by atoms with Gasteiger partial charge in [-0.2, -0.15) is 0 Å². The molecule has 0 bridgehead atoms. The van der Waals surface area contributed by atoms with Crippen LogP contribution in [-0.4, -0.2) is 28.0 Å². The molecule has 0 spiro atoms. The Morgan fingerprint density at radius 3 is 2.16 bits per heavy atom. The molecule has 0 fully saturated rings. The molecule has 0 aliphatic rings. The van der Waals surface area contributed by atoms with Gasteiger partial charge < -0.3 is 9.47 Å². The first-order valence-electron chi connectivity index (χ1n) is 10.2. The molecule has 32 heavy (non-hydrogen) atoms. The number of nitrogens with one attached hydrogen (secondary N) is 1. The van der Waals surface area contributed by atoms with Crippen LogP contribution in [0.15, 0.2) is 65.6 Å². The third-order valence-electron chi connectivity index (χ3n) is 5.27. The van der Waals surface area contributed by atoms with Gasteiger partial charge in [-0.15, -0.1) is 0 Å². The quantitative estimate of drug-likeness (QED) is 0.500. The monoisotopic (exact) mass is 453 g/mol. The summed E-state index contributed by atoms with van der Waals surface area (Å²) in [5.74, 6) is 0.924. The summed E-state index contributed by atoms with van der Waals surface area (Å²) in [6.07, 6.45) is 0.513. The number of hydrogen-bond acceptors (Lipinski definition) is 5. The topological polar surface area (TPSA) is 81.7 Å². The molecule has 0 aromatic heterocycles. The molecule has 6 nitrogen and oxygen atoms in total. The molecule has 0 saturated heterocycles. The maximum atomic E-state index is 12.6. The lowest BCUT2D eigenvalue weighted by Gasteiger charge is -2.11. The maximum absolute atomic E-state index is 12.6. The lowest BCUT2D eigenvalue weighted by atomic mass is 10.1. The first-order chi connectivity index (χ1) is 15.2. The summed E-state index contributed by atoms with van der Waals surface area (Å²) in [5.41, 5.74) is 4.23. The van der Waals surface area contributed by atoms with Crippen LogP contribution in [0.4, 0.5) is 0 Å². The third kappa shape index (κ3) is 5.75. The van der Waals surface area contributed by atoms with Gasteiger partial charge in [0.25, 0.3) is 0 Å². The van der Waals surface area contributed by atoms with Gasteiger partial charge in [0.05, 0.1) is 17.6 Å². The Bertz CT molecular complexity index is 1220. The number of aryl methyl sites for hydroxylation is 3. The number of ether oxygens (including phenoxy) is 2. The number of rotatable bonds is 8. The van der Waals surface area contributed by atoms with Gasteiger partial charge in [0.1, 0.15) is 11.5 Å². The summed E-state index contributed by atoms with van der Waals surface area (Å²) in [5, 5.41) is 0. The first-order valence-corrected chi connectivity index (χ1v) is 11.7. The molecule has 168 valence electrons. The molecule has 0 aliphatic carbocycles. The number of sulfonamides is 1. The zero-order valence-corrected chi connectivity index (χ0v) is 19.5. The van der Waals surface area contributed by atoms with Crippen LogP contribution < -0.4 is 9.46 Å². The summed E-state index contributed by atoms with van der Waals surface area (Å²) in [4.78, 5) is 11.9. The van der Waals surface area contributed by atoms with Gasteiger partial charge >= 0.3 is 5.97 Å². The molecule has 0 amide bonds. The predicted octanol–water partition coefficient (Wildman–Crippen LogP) is 4.71. The molecule has 7 heteroatoms.